The van der Waals surface area contributed by atoms with Crippen molar-refractivity contribution >= 4 is 40.0 Å². The molecule has 2 aromatic heterocycles. The molecule has 5 aromatic rings. The summed E-state index contributed by atoms with van der Waals surface area (Å²) in [6.45, 7) is 8.63. The summed E-state index contributed by atoms with van der Waals surface area (Å²) in [7, 11) is 1.38. The number of benzene rings is 3. The molecule has 3 aromatic carbocycles. The second-order valence-corrected chi connectivity index (χ2v) is 15.2. The fourth-order valence-electron chi connectivity index (χ4n) is 7.23. The van der Waals surface area contributed by atoms with E-state index in [-0.39, 0.29) is 30.7 Å². The number of amides is 2. The minimum Gasteiger partial charge on any atom is -0.480 e. The van der Waals surface area contributed by atoms with Crippen LogP contribution in [0.15, 0.2) is 60.8 Å². The van der Waals surface area contributed by atoms with Gasteiger partial charge in [-0.15, -0.1) is 0 Å². The highest BCUT2D eigenvalue weighted by molar-refractivity contribution is 5.92. The second-order valence-electron chi connectivity index (χ2n) is 15.2. The Bertz CT molecular complexity index is 2170. The molecule has 2 aliphatic rings. The molecule has 54 heavy (non-hydrogen) atoms. The maximum Gasteiger partial charge on any atom is 0.410 e. The van der Waals surface area contributed by atoms with E-state index in [0.717, 1.165) is 68.7 Å². The van der Waals surface area contributed by atoms with Crippen molar-refractivity contribution in [3.8, 4) is 22.4 Å². The zero-order valence-corrected chi connectivity index (χ0v) is 31.1. The minimum absolute atomic E-state index is 0.0379. The highest BCUT2D eigenvalue weighted by Crippen LogP contribution is 2.35. The summed E-state index contributed by atoms with van der Waals surface area (Å²) >= 11 is 0. The smallest absolute Gasteiger partial charge is 0.410 e. The number of nitrogens with zero attached hydrogens (tertiary/aromatic N) is 3. The van der Waals surface area contributed by atoms with Gasteiger partial charge in [0.1, 0.15) is 17.2 Å². The summed E-state index contributed by atoms with van der Waals surface area (Å²) in [5, 5.41) is 17.4. The number of aromatic nitrogens is 4. The number of aromatic amines is 2. The van der Waals surface area contributed by atoms with Crippen molar-refractivity contribution in [2.45, 2.75) is 76.8 Å². The van der Waals surface area contributed by atoms with Gasteiger partial charge in [0.2, 0.25) is 0 Å². The van der Waals surface area contributed by atoms with E-state index in [2.05, 4.69) is 74.1 Å². The maximum atomic E-state index is 12.9. The largest absolute Gasteiger partial charge is 0.480 e. The van der Waals surface area contributed by atoms with Gasteiger partial charge in [-0.3, -0.25) is 4.90 Å². The van der Waals surface area contributed by atoms with Gasteiger partial charge in [0.05, 0.1) is 47.7 Å². The third kappa shape index (κ3) is 8.04. The average molecular weight is 738 g/mol. The predicted molar refractivity (Wildman–Crippen MR) is 203 cm³/mol. The molecule has 5 atom stereocenters. The molecule has 1 unspecified atom stereocenters. The topological polar surface area (TPSA) is 184 Å². The van der Waals surface area contributed by atoms with Crippen molar-refractivity contribution in [1.82, 2.24) is 35.5 Å². The van der Waals surface area contributed by atoms with E-state index >= 15 is 0 Å². The molecule has 14 nitrogen and oxygen atoms in total. The fraction of sp³-hybridized carbons (Fsp3) is 0.425. The van der Waals surface area contributed by atoms with Gasteiger partial charge in [0.15, 0.2) is 6.04 Å². The number of fused-ring (bicyclic) bond motifs is 2. The van der Waals surface area contributed by atoms with E-state index in [4.69, 9.17) is 19.2 Å². The number of carboxylic acid groups (broad SMARTS) is 1. The molecule has 0 spiro atoms. The third-order valence-corrected chi connectivity index (χ3v) is 10.2. The lowest BCUT2D eigenvalue weighted by molar-refractivity contribution is -0.142. The quantitative estimate of drug-likeness (QED) is 0.103. The van der Waals surface area contributed by atoms with Crippen LogP contribution in [0.25, 0.3) is 44.2 Å². The van der Waals surface area contributed by atoms with Crippen LogP contribution in [-0.2, 0) is 19.0 Å². The number of ether oxygens (including phenoxy) is 3. The number of carbonyl (C=O) groups is 3. The molecule has 2 fully saturated rings. The number of hydrogen-bond acceptors (Lipinski definition) is 9. The fourth-order valence-corrected chi connectivity index (χ4v) is 7.23. The monoisotopic (exact) mass is 737 g/mol. The number of carboxylic acids is 1. The Morgan fingerprint density at radius 1 is 1.00 bits per heavy atom. The van der Waals surface area contributed by atoms with Crippen LogP contribution in [0.2, 0.25) is 0 Å². The molecule has 284 valence electrons. The minimum atomic E-state index is -1.20. The summed E-state index contributed by atoms with van der Waals surface area (Å²) in [6.07, 6.45) is 2.47. The van der Waals surface area contributed by atoms with Crippen LogP contribution in [0.3, 0.4) is 0 Å². The molecule has 2 aliphatic heterocycles. The third-order valence-electron chi connectivity index (χ3n) is 10.2. The van der Waals surface area contributed by atoms with Gasteiger partial charge in [-0.2, -0.15) is 0 Å². The van der Waals surface area contributed by atoms with Crippen molar-refractivity contribution < 1.29 is 33.7 Å². The number of H-pyrrole nitrogens is 2. The Kier molecular flexibility index (Phi) is 10.3. The second kappa shape index (κ2) is 15.1. The van der Waals surface area contributed by atoms with E-state index in [1.165, 1.54) is 7.11 Å². The maximum absolute atomic E-state index is 12.9. The first kappa shape index (κ1) is 36.9. The molecule has 0 aliphatic carbocycles. The van der Waals surface area contributed by atoms with E-state index in [0.29, 0.717) is 19.5 Å². The van der Waals surface area contributed by atoms with Gasteiger partial charge in [0.25, 0.3) is 0 Å². The molecule has 7 rings (SSSR count). The van der Waals surface area contributed by atoms with Crippen LogP contribution in [-0.4, -0.2) is 92.7 Å². The Morgan fingerprint density at radius 2 is 1.72 bits per heavy atom. The summed E-state index contributed by atoms with van der Waals surface area (Å²) in [5.41, 5.74) is 5.29. The van der Waals surface area contributed by atoms with E-state index in [1.54, 1.807) is 11.8 Å². The van der Waals surface area contributed by atoms with Crippen LogP contribution in [0.1, 0.15) is 70.7 Å². The number of aliphatic carboxylic acids is 1. The number of likely N-dealkylation sites (tertiary alicyclic amines) is 1. The lowest BCUT2D eigenvalue weighted by Gasteiger charge is -2.27. The van der Waals surface area contributed by atoms with Crippen LogP contribution >= 0.6 is 0 Å². The summed E-state index contributed by atoms with van der Waals surface area (Å²) in [4.78, 5) is 54.9. The summed E-state index contributed by atoms with van der Waals surface area (Å²) < 4.78 is 16.0. The number of nitrogens with one attached hydrogen (secondary N) is 4. The van der Waals surface area contributed by atoms with E-state index in [1.807, 2.05) is 33.0 Å². The van der Waals surface area contributed by atoms with Gasteiger partial charge in [-0.05, 0) is 93.1 Å². The zero-order chi connectivity index (χ0) is 38.1. The first-order chi connectivity index (χ1) is 25.8. The first-order valence-corrected chi connectivity index (χ1v) is 18.4. The Balaban J connectivity index is 0.985. The highest BCUT2D eigenvalue weighted by atomic mass is 16.6. The number of carbonyl (C=O) groups excluding carboxylic acids is 2. The van der Waals surface area contributed by atoms with Gasteiger partial charge in [-0.1, -0.05) is 30.3 Å². The lowest BCUT2D eigenvalue weighted by atomic mass is 9.99. The predicted octanol–water partition coefficient (Wildman–Crippen LogP) is 6.71. The normalized spacial score (nSPS) is 19.9. The van der Waals surface area contributed by atoms with Gasteiger partial charge in [-0.25, -0.2) is 24.4 Å². The molecule has 2 amide bonds. The summed E-state index contributed by atoms with van der Waals surface area (Å²) in [5.74, 6) is 0.434. The van der Waals surface area contributed by atoms with E-state index in [9.17, 15) is 19.5 Å². The van der Waals surface area contributed by atoms with Gasteiger partial charge >= 0.3 is 18.2 Å². The van der Waals surface area contributed by atoms with Crippen molar-refractivity contribution in [3.63, 3.8) is 0 Å². The molecule has 0 radical (unpaired) electrons. The van der Waals surface area contributed by atoms with Gasteiger partial charge < -0.3 is 39.9 Å². The van der Waals surface area contributed by atoms with Crippen LogP contribution < -0.4 is 10.6 Å². The first-order valence-electron chi connectivity index (χ1n) is 18.4. The van der Waals surface area contributed by atoms with Crippen molar-refractivity contribution in [3.05, 3.63) is 72.4 Å². The molecule has 5 N–H and O–H groups in total. The van der Waals surface area contributed by atoms with Crippen molar-refractivity contribution in [2.24, 2.45) is 5.92 Å². The van der Waals surface area contributed by atoms with Crippen LogP contribution in [0.4, 0.5) is 9.59 Å². The SMILES string of the molecule is CO[C@H](C)[C@H](NC(=O)OCC1CN[C@H](c2ncc(-c3ccc4cc(-c5ccc6nc([C@@H]7CCCN7C(=O)OC(C)(C)C)[nH]c6c5)ccc4c3)[nH]2)C1)C(=O)O. The highest BCUT2D eigenvalue weighted by Gasteiger charge is 2.35. The molecule has 4 heterocycles. The Labute approximate surface area is 313 Å². The standard InChI is InChI=1S/C40H47N7O7/c1-22(52-5)34(37(48)49)46-38(50)53-21-23-15-31(41-19-23)35-42-20-32(45-35)28-11-10-24-16-25(8-9-26(24)17-28)27-12-13-29-30(18-27)44-36(43-29)33-7-6-14-47(33)39(51)54-40(2,3)4/h8-13,16-18,20,22-23,31,33-34,41H,6-7,14-15,19,21H2,1-5H3,(H,42,45)(H,43,44)(H,46,50)(H,48,49)/t22-,23?,31+,33+,34+/m1/s1. The molecule has 14 heteroatoms. The van der Waals surface area contributed by atoms with E-state index < -0.39 is 29.8 Å². The molecule has 0 bridgehead atoms. The number of alkyl carbamates (subject to hydrolysis) is 1. The Morgan fingerprint density at radius 3 is 2.46 bits per heavy atom. The molecular weight excluding hydrogens is 690 g/mol. The average Bonchev–Trinajstić information content (AvgIpc) is 3.97. The van der Waals surface area contributed by atoms with Gasteiger partial charge in [0, 0.05) is 31.7 Å². The van der Waals surface area contributed by atoms with Crippen molar-refractivity contribution in [2.75, 3.05) is 26.8 Å². The number of methoxy groups -OCH3 is 1. The Hall–Kier alpha value is -5.47. The molecular formula is C40H47N7O7. The summed E-state index contributed by atoms with van der Waals surface area (Å²) in [6, 6.07) is 17.6. The number of rotatable bonds is 10. The molecule has 2 saturated heterocycles. The number of imidazole rings is 2. The molecule has 0 saturated carbocycles. The van der Waals surface area contributed by atoms with Crippen molar-refractivity contribution in [1.29, 1.82) is 0 Å². The lowest BCUT2D eigenvalue weighted by Crippen LogP contribution is -2.48. The number of hydrogen-bond donors (Lipinski definition) is 5. The van der Waals surface area contributed by atoms with Crippen LogP contribution in [0, 0.1) is 5.92 Å². The zero-order valence-electron chi connectivity index (χ0n) is 31.1. The van der Waals surface area contributed by atoms with Crippen LogP contribution in [0.5, 0.6) is 0 Å².